The summed E-state index contributed by atoms with van der Waals surface area (Å²) < 4.78 is 42.5. The van der Waals surface area contributed by atoms with Crippen molar-refractivity contribution in [1.82, 2.24) is 4.98 Å². The molecule has 5 heteroatoms. The highest BCUT2D eigenvalue weighted by Gasteiger charge is 2.12. The van der Waals surface area contributed by atoms with Gasteiger partial charge in [-0.3, -0.25) is 4.98 Å². The topological polar surface area (TPSA) is 12.9 Å². The number of hydrogen-bond donors (Lipinski definition) is 0. The minimum Gasteiger partial charge on any atom is -0.261 e. The average molecular weight is 496 g/mol. The molecule has 0 spiro atoms. The molecule has 1 aromatic heterocycles. The highest BCUT2D eigenvalue weighted by atomic mass is 35.5. The summed E-state index contributed by atoms with van der Waals surface area (Å²) in [6.45, 7) is 2.21. The Kier molecular flexibility index (Phi) is 8.46. The Morgan fingerprint density at radius 2 is 1.46 bits per heavy atom. The molecule has 0 amide bonds. The molecule has 3 aromatic carbocycles. The van der Waals surface area contributed by atoms with E-state index in [1.54, 1.807) is 6.07 Å². The lowest BCUT2D eigenvalue weighted by molar-refractivity contribution is 0.579. The van der Waals surface area contributed by atoms with E-state index in [-0.39, 0.29) is 5.82 Å². The highest BCUT2D eigenvalue weighted by molar-refractivity contribution is 6.30. The Labute approximate surface area is 210 Å². The number of aromatic nitrogens is 1. The van der Waals surface area contributed by atoms with E-state index in [9.17, 15) is 8.78 Å². The Morgan fingerprint density at radius 3 is 2.17 bits per heavy atom. The van der Waals surface area contributed by atoms with Crippen molar-refractivity contribution >= 4 is 22.4 Å². The van der Waals surface area contributed by atoms with Crippen LogP contribution in [0, 0.1) is 17.5 Å². The third-order valence-electron chi connectivity index (χ3n) is 6.45. The zero-order valence-corrected chi connectivity index (χ0v) is 20.6. The molecule has 4 rings (SSSR count). The van der Waals surface area contributed by atoms with E-state index in [1.165, 1.54) is 37.0 Å². The van der Waals surface area contributed by atoms with Crippen molar-refractivity contribution in [3.8, 4) is 0 Å². The molecule has 0 aliphatic carbocycles. The number of fused-ring (bicyclic) bond motifs is 1. The van der Waals surface area contributed by atoms with Gasteiger partial charge in [-0.05, 0) is 84.4 Å². The monoisotopic (exact) mass is 495 g/mol. The van der Waals surface area contributed by atoms with Crippen molar-refractivity contribution in [3.63, 3.8) is 0 Å². The quantitative estimate of drug-likeness (QED) is 0.158. The van der Waals surface area contributed by atoms with Crippen molar-refractivity contribution in [1.29, 1.82) is 0 Å². The van der Waals surface area contributed by atoms with Crippen molar-refractivity contribution < 1.29 is 13.2 Å². The summed E-state index contributed by atoms with van der Waals surface area (Å²) in [5, 5.41) is 0.873. The summed E-state index contributed by atoms with van der Waals surface area (Å²) in [6, 6.07) is 16.1. The van der Waals surface area contributed by atoms with Gasteiger partial charge >= 0.3 is 0 Å². The first kappa shape index (κ1) is 25.2. The normalized spacial score (nSPS) is 11.3. The van der Waals surface area contributed by atoms with Crippen LogP contribution in [0.5, 0.6) is 0 Å². The first-order chi connectivity index (χ1) is 16.9. The van der Waals surface area contributed by atoms with Crippen LogP contribution in [0.2, 0.25) is 5.02 Å². The standard InChI is InChI=1S/C30H29ClF3N/c1-2-3-4-5-21-8-14-25(35-19-21)13-7-20-9-15-26-24(16-20)12-11-23(30(26)34)10-6-22-17-27(32)29(31)28(33)18-22/h8-9,11-12,14-19H,2-7,10,13H2,1H3. The Balaban J connectivity index is 1.39. The molecule has 0 N–H and O–H groups in total. The fraction of sp³-hybridized carbons (Fsp3) is 0.300. The largest absolute Gasteiger partial charge is 0.261 e. The number of nitrogens with zero attached hydrogens (tertiary/aromatic N) is 1. The summed E-state index contributed by atoms with van der Waals surface area (Å²) in [5.41, 5.74) is 4.43. The minimum absolute atomic E-state index is 0.288. The summed E-state index contributed by atoms with van der Waals surface area (Å²) in [6.07, 6.45) is 9.03. The maximum Gasteiger partial charge on any atom is 0.145 e. The maximum absolute atomic E-state index is 15.1. The van der Waals surface area contributed by atoms with Gasteiger partial charge < -0.3 is 0 Å². The van der Waals surface area contributed by atoms with E-state index in [2.05, 4.69) is 24.0 Å². The van der Waals surface area contributed by atoms with Gasteiger partial charge in [0.05, 0.1) is 0 Å². The summed E-state index contributed by atoms with van der Waals surface area (Å²) >= 11 is 5.54. The molecule has 0 aliphatic rings. The summed E-state index contributed by atoms with van der Waals surface area (Å²) in [5.74, 6) is -1.89. The number of rotatable bonds is 10. The SMILES string of the molecule is CCCCCc1ccc(CCc2ccc3c(F)c(CCc4cc(F)c(Cl)c(F)c4)ccc3c2)nc1. The van der Waals surface area contributed by atoms with Crippen LogP contribution >= 0.6 is 11.6 Å². The molecular formula is C30H29ClF3N. The number of pyridine rings is 1. The van der Waals surface area contributed by atoms with Crippen molar-refractivity contribution in [2.45, 2.75) is 58.3 Å². The van der Waals surface area contributed by atoms with Crippen LogP contribution in [0.25, 0.3) is 10.8 Å². The molecule has 0 bridgehead atoms. The minimum atomic E-state index is -0.800. The van der Waals surface area contributed by atoms with Crippen LogP contribution in [0.4, 0.5) is 13.2 Å². The molecule has 35 heavy (non-hydrogen) atoms. The van der Waals surface area contributed by atoms with Gasteiger partial charge in [0, 0.05) is 17.3 Å². The first-order valence-electron chi connectivity index (χ1n) is 12.2. The molecule has 0 aliphatic heterocycles. The van der Waals surface area contributed by atoms with Crippen LogP contribution in [-0.4, -0.2) is 4.98 Å². The van der Waals surface area contributed by atoms with Gasteiger partial charge in [-0.25, -0.2) is 13.2 Å². The van der Waals surface area contributed by atoms with Gasteiger partial charge in [0.1, 0.15) is 22.5 Å². The fourth-order valence-corrected chi connectivity index (χ4v) is 4.48. The predicted molar refractivity (Wildman–Crippen MR) is 138 cm³/mol. The second kappa shape index (κ2) is 11.7. The second-order valence-electron chi connectivity index (χ2n) is 9.08. The predicted octanol–water partition coefficient (Wildman–Crippen LogP) is 8.61. The van der Waals surface area contributed by atoms with Gasteiger partial charge in [-0.15, -0.1) is 0 Å². The molecular weight excluding hydrogens is 467 g/mol. The molecule has 0 unspecified atom stereocenters. The molecule has 0 fully saturated rings. The number of hydrogen-bond acceptors (Lipinski definition) is 1. The number of unbranched alkanes of at least 4 members (excludes halogenated alkanes) is 2. The molecule has 0 saturated carbocycles. The zero-order valence-electron chi connectivity index (χ0n) is 19.9. The molecule has 0 saturated heterocycles. The Hall–Kier alpha value is -2.85. The summed E-state index contributed by atoms with van der Waals surface area (Å²) in [4.78, 5) is 4.61. The van der Waals surface area contributed by atoms with Crippen molar-refractivity contribution in [2.75, 3.05) is 0 Å². The van der Waals surface area contributed by atoms with Gasteiger partial charge in [0.25, 0.3) is 0 Å². The molecule has 182 valence electrons. The van der Waals surface area contributed by atoms with Crippen LogP contribution in [-0.2, 0) is 32.1 Å². The zero-order chi connectivity index (χ0) is 24.8. The van der Waals surface area contributed by atoms with E-state index in [4.69, 9.17) is 11.6 Å². The van der Waals surface area contributed by atoms with Crippen LogP contribution in [0.3, 0.4) is 0 Å². The lowest BCUT2D eigenvalue weighted by atomic mass is 9.97. The number of benzene rings is 3. The fourth-order valence-electron chi connectivity index (χ4n) is 4.37. The molecule has 1 heterocycles. The van der Waals surface area contributed by atoms with Gasteiger partial charge in [-0.2, -0.15) is 0 Å². The van der Waals surface area contributed by atoms with Crippen molar-refractivity contribution in [3.05, 3.63) is 111 Å². The van der Waals surface area contributed by atoms with Gasteiger partial charge in [0.2, 0.25) is 0 Å². The van der Waals surface area contributed by atoms with Crippen LogP contribution in [0.1, 0.15) is 54.1 Å². The third kappa shape index (κ3) is 6.43. The van der Waals surface area contributed by atoms with E-state index in [1.807, 2.05) is 30.5 Å². The van der Waals surface area contributed by atoms with E-state index < -0.39 is 16.7 Å². The Bertz CT molecular complexity index is 1280. The maximum atomic E-state index is 15.1. The van der Waals surface area contributed by atoms with Crippen LogP contribution in [0.15, 0.2) is 60.8 Å². The van der Waals surface area contributed by atoms with Gasteiger partial charge in [-0.1, -0.05) is 67.8 Å². The Morgan fingerprint density at radius 1 is 0.714 bits per heavy atom. The lowest BCUT2D eigenvalue weighted by Crippen LogP contribution is -1.99. The van der Waals surface area contributed by atoms with Gasteiger partial charge in [0.15, 0.2) is 0 Å². The number of aryl methyl sites for hydroxylation is 5. The van der Waals surface area contributed by atoms with E-state index in [0.717, 1.165) is 35.9 Å². The first-order valence-corrected chi connectivity index (χ1v) is 12.6. The summed E-state index contributed by atoms with van der Waals surface area (Å²) in [7, 11) is 0. The highest BCUT2D eigenvalue weighted by Crippen LogP contribution is 2.26. The van der Waals surface area contributed by atoms with E-state index >= 15 is 4.39 Å². The molecule has 0 radical (unpaired) electrons. The molecule has 4 aromatic rings. The molecule has 0 atom stereocenters. The molecule has 1 nitrogen and oxygen atoms in total. The van der Waals surface area contributed by atoms with E-state index in [0.29, 0.717) is 29.4 Å². The lowest BCUT2D eigenvalue weighted by Gasteiger charge is -2.10. The average Bonchev–Trinajstić information content (AvgIpc) is 2.86. The van der Waals surface area contributed by atoms with Crippen molar-refractivity contribution in [2.24, 2.45) is 0 Å². The van der Waals surface area contributed by atoms with Crippen LogP contribution < -0.4 is 0 Å². The smallest absolute Gasteiger partial charge is 0.145 e. The second-order valence-corrected chi connectivity index (χ2v) is 9.46. The third-order valence-corrected chi connectivity index (χ3v) is 6.81. The number of halogens is 4.